The number of halogens is 1. The number of rotatable bonds is 9. The number of carbonyl (C=O) groups is 1. The molecule has 0 aliphatic carbocycles. The fourth-order valence-corrected chi connectivity index (χ4v) is 4.49. The molecule has 0 aromatic heterocycles. The molecule has 0 radical (unpaired) electrons. The van der Waals surface area contributed by atoms with E-state index in [2.05, 4.69) is 72.2 Å². The molecule has 0 spiro atoms. The van der Waals surface area contributed by atoms with Gasteiger partial charge in [0.1, 0.15) is 0 Å². The summed E-state index contributed by atoms with van der Waals surface area (Å²) >= 11 is 0. The first-order chi connectivity index (χ1) is 16.2. The van der Waals surface area contributed by atoms with E-state index in [-0.39, 0.29) is 35.8 Å². The Morgan fingerprint density at radius 2 is 1.74 bits per heavy atom. The molecule has 3 aromatic rings. The second-order valence-corrected chi connectivity index (χ2v) is 8.68. The van der Waals surface area contributed by atoms with Gasteiger partial charge in [-0.3, -0.25) is 9.79 Å². The lowest BCUT2D eigenvalue weighted by Crippen LogP contribution is -2.38. The molecule has 2 N–H and O–H groups in total. The van der Waals surface area contributed by atoms with Crippen LogP contribution in [0.4, 0.5) is 0 Å². The van der Waals surface area contributed by atoms with Gasteiger partial charge in [-0.1, -0.05) is 72.8 Å². The van der Waals surface area contributed by atoms with Crippen molar-refractivity contribution in [2.45, 2.75) is 26.2 Å². The molecule has 1 fully saturated rings. The summed E-state index contributed by atoms with van der Waals surface area (Å²) in [4.78, 5) is 19.2. The Hall–Kier alpha value is -2.61. The van der Waals surface area contributed by atoms with Crippen LogP contribution in [0, 0.1) is 5.92 Å². The number of carbonyl (C=O) groups excluding carboxylic acids is 1. The largest absolute Gasteiger partial charge is 0.357 e. The number of nitrogens with zero attached hydrogens (tertiary/aromatic N) is 2. The quantitative estimate of drug-likeness (QED) is 0.224. The van der Waals surface area contributed by atoms with Crippen molar-refractivity contribution in [2.24, 2.45) is 10.9 Å². The fraction of sp³-hybridized carbons (Fsp3) is 0.357. The van der Waals surface area contributed by atoms with Crippen molar-refractivity contribution in [3.05, 3.63) is 83.9 Å². The number of amides is 1. The Kier molecular flexibility index (Phi) is 10.2. The van der Waals surface area contributed by atoms with Crippen molar-refractivity contribution in [3.8, 4) is 0 Å². The third-order valence-electron chi connectivity index (χ3n) is 6.23. The summed E-state index contributed by atoms with van der Waals surface area (Å²) < 4.78 is 0. The van der Waals surface area contributed by atoms with E-state index < -0.39 is 0 Å². The lowest BCUT2D eigenvalue weighted by atomic mass is 10.0. The van der Waals surface area contributed by atoms with Crippen LogP contribution in [0.1, 0.15) is 24.5 Å². The van der Waals surface area contributed by atoms with Crippen LogP contribution in [0.25, 0.3) is 10.8 Å². The monoisotopic (exact) mass is 570 g/mol. The van der Waals surface area contributed by atoms with Crippen LogP contribution >= 0.6 is 24.0 Å². The molecule has 5 nitrogen and oxygen atoms in total. The lowest BCUT2D eigenvalue weighted by molar-refractivity contribution is -0.127. The number of hydrogen-bond donors (Lipinski definition) is 2. The zero-order valence-electron chi connectivity index (χ0n) is 19.9. The van der Waals surface area contributed by atoms with E-state index in [0.29, 0.717) is 13.0 Å². The van der Waals surface area contributed by atoms with E-state index >= 15 is 0 Å². The maximum absolute atomic E-state index is 12.5. The summed E-state index contributed by atoms with van der Waals surface area (Å²) in [5.74, 6) is 1.36. The number of nitrogens with one attached hydrogen (secondary N) is 2. The molecule has 1 aliphatic heterocycles. The highest BCUT2D eigenvalue weighted by Crippen LogP contribution is 2.19. The third-order valence-corrected chi connectivity index (χ3v) is 6.23. The van der Waals surface area contributed by atoms with E-state index in [9.17, 15) is 4.79 Å². The van der Waals surface area contributed by atoms with Crippen molar-refractivity contribution in [3.63, 3.8) is 0 Å². The number of benzene rings is 3. The molecule has 180 valence electrons. The summed E-state index contributed by atoms with van der Waals surface area (Å²) in [6.07, 6.45) is 2.43. The Morgan fingerprint density at radius 3 is 2.56 bits per heavy atom. The highest BCUT2D eigenvalue weighted by molar-refractivity contribution is 14.0. The van der Waals surface area contributed by atoms with Crippen LogP contribution in [0.15, 0.2) is 77.8 Å². The van der Waals surface area contributed by atoms with Crippen molar-refractivity contribution in [2.75, 3.05) is 32.7 Å². The summed E-state index contributed by atoms with van der Waals surface area (Å²) in [5, 5.41) is 9.39. The SMILES string of the molecule is CCNC(=NCC1CC(=O)N(CCc2ccccc2)C1)NCCc1cccc2ccccc12.I. The van der Waals surface area contributed by atoms with E-state index in [1.54, 1.807) is 0 Å². The Morgan fingerprint density at radius 1 is 0.971 bits per heavy atom. The van der Waals surface area contributed by atoms with Crippen LogP contribution < -0.4 is 10.6 Å². The van der Waals surface area contributed by atoms with Crippen LogP contribution in [0.3, 0.4) is 0 Å². The summed E-state index contributed by atoms with van der Waals surface area (Å²) in [5.41, 5.74) is 2.61. The first-order valence-corrected chi connectivity index (χ1v) is 12.0. The maximum atomic E-state index is 12.5. The summed E-state index contributed by atoms with van der Waals surface area (Å²) in [7, 11) is 0. The van der Waals surface area contributed by atoms with Gasteiger partial charge in [0.15, 0.2) is 5.96 Å². The average Bonchev–Trinajstić information content (AvgIpc) is 3.21. The zero-order valence-corrected chi connectivity index (χ0v) is 22.2. The van der Waals surface area contributed by atoms with Gasteiger partial charge in [-0.05, 0) is 41.7 Å². The van der Waals surface area contributed by atoms with Gasteiger partial charge in [0.05, 0.1) is 0 Å². The molecule has 6 heteroatoms. The van der Waals surface area contributed by atoms with Crippen molar-refractivity contribution in [1.82, 2.24) is 15.5 Å². The molecule has 1 aliphatic rings. The second-order valence-electron chi connectivity index (χ2n) is 8.68. The van der Waals surface area contributed by atoms with Gasteiger partial charge in [-0.25, -0.2) is 0 Å². The van der Waals surface area contributed by atoms with Crippen molar-refractivity contribution < 1.29 is 4.79 Å². The molecule has 34 heavy (non-hydrogen) atoms. The maximum Gasteiger partial charge on any atom is 0.223 e. The molecular weight excluding hydrogens is 535 g/mol. The predicted molar refractivity (Wildman–Crippen MR) is 152 cm³/mol. The Labute approximate surface area is 220 Å². The molecule has 1 atom stereocenters. The highest BCUT2D eigenvalue weighted by Gasteiger charge is 2.29. The van der Waals surface area contributed by atoms with Crippen molar-refractivity contribution >= 4 is 46.6 Å². The van der Waals surface area contributed by atoms with Gasteiger partial charge in [-0.2, -0.15) is 0 Å². The first-order valence-electron chi connectivity index (χ1n) is 12.0. The smallest absolute Gasteiger partial charge is 0.223 e. The number of aliphatic imine (C=N–C) groups is 1. The van der Waals surface area contributed by atoms with E-state index in [1.165, 1.54) is 21.9 Å². The normalized spacial score (nSPS) is 15.9. The lowest BCUT2D eigenvalue weighted by Gasteiger charge is -2.16. The van der Waals surface area contributed by atoms with Gasteiger partial charge in [0.2, 0.25) is 5.91 Å². The minimum atomic E-state index is 0. The number of hydrogen-bond acceptors (Lipinski definition) is 2. The molecule has 3 aromatic carbocycles. The van der Waals surface area contributed by atoms with Gasteiger partial charge in [-0.15, -0.1) is 24.0 Å². The number of guanidine groups is 1. The van der Waals surface area contributed by atoms with Gasteiger partial charge in [0, 0.05) is 45.1 Å². The minimum Gasteiger partial charge on any atom is -0.357 e. The summed E-state index contributed by atoms with van der Waals surface area (Å²) in [6.45, 7) is 5.94. The molecule has 1 heterocycles. The highest BCUT2D eigenvalue weighted by atomic mass is 127. The summed E-state index contributed by atoms with van der Waals surface area (Å²) in [6, 6.07) is 25.4. The van der Waals surface area contributed by atoms with E-state index in [1.807, 2.05) is 23.1 Å². The molecule has 0 saturated carbocycles. The van der Waals surface area contributed by atoms with Crippen LogP contribution in [0.5, 0.6) is 0 Å². The Bertz CT molecular complexity index is 1080. The molecule has 1 unspecified atom stereocenters. The van der Waals surface area contributed by atoms with Crippen LogP contribution in [0.2, 0.25) is 0 Å². The third kappa shape index (κ3) is 7.19. The number of fused-ring (bicyclic) bond motifs is 1. The van der Waals surface area contributed by atoms with Crippen molar-refractivity contribution in [1.29, 1.82) is 0 Å². The number of likely N-dealkylation sites (tertiary alicyclic amines) is 1. The Balaban J connectivity index is 0.00000324. The topological polar surface area (TPSA) is 56.7 Å². The zero-order chi connectivity index (χ0) is 22.9. The molecule has 1 amide bonds. The molecule has 1 saturated heterocycles. The van der Waals surface area contributed by atoms with E-state index in [4.69, 9.17) is 4.99 Å². The van der Waals surface area contributed by atoms with Gasteiger partial charge in [0.25, 0.3) is 0 Å². The van der Waals surface area contributed by atoms with Crippen LogP contribution in [-0.4, -0.2) is 49.5 Å². The van der Waals surface area contributed by atoms with E-state index in [0.717, 1.165) is 45.0 Å². The fourth-order valence-electron chi connectivity index (χ4n) is 4.49. The van der Waals surface area contributed by atoms with Gasteiger partial charge >= 0.3 is 0 Å². The second kappa shape index (κ2) is 13.3. The average molecular weight is 571 g/mol. The minimum absolute atomic E-state index is 0. The first kappa shape index (κ1) is 26.0. The molecular formula is C28H35IN4O. The molecule has 0 bridgehead atoms. The predicted octanol–water partition coefficient (Wildman–Crippen LogP) is 4.65. The van der Waals surface area contributed by atoms with Crippen LogP contribution in [-0.2, 0) is 17.6 Å². The molecule has 4 rings (SSSR count). The standard InChI is InChI=1S/C28H34N4O.HI/c1-2-29-28(30-17-15-25-13-8-12-24-11-6-7-14-26(24)25)31-20-23-19-27(33)32(21-23)18-16-22-9-4-3-5-10-22;/h3-14,23H,2,15-21H2,1H3,(H2,29,30,31);1H. The van der Waals surface area contributed by atoms with Gasteiger partial charge < -0.3 is 15.5 Å².